The van der Waals surface area contributed by atoms with Gasteiger partial charge in [0.05, 0.1) is 18.2 Å². The van der Waals surface area contributed by atoms with Crippen LogP contribution in [0, 0.1) is 6.92 Å². The Hall–Kier alpha value is -1.87. The van der Waals surface area contributed by atoms with E-state index in [1.165, 1.54) is 18.9 Å². The van der Waals surface area contributed by atoms with Gasteiger partial charge in [0.25, 0.3) is 5.56 Å². The zero-order valence-corrected chi connectivity index (χ0v) is 15.5. The highest BCUT2D eigenvalue weighted by atomic mass is 32.2. The lowest BCUT2D eigenvalue weighted by Gasteiger charge is -2.01. The van der Waals surface area contributed by atoms with Gasteiger partial charge in [-0.2, -0.15) is 0 Å². The highest BCUT2D eigenvalue weighted by Crippen LogP contribution is 2.27. The van der Waals surface area contributed by atoms with Crippen LogP contribution < -0.4 is 11.3 Å². The van der Waals surface area contributed by atoms with E-state index in [-0.39, 0.29) is 5.56 Å². The number of hydrogen-bond acceptors (Lipinski definition) is 7. The third kappa shape index (κ3) is 4.15. The van der Waals surface area contributed by atoms with Crippen molar-refractivity contribution in [2.24, 2.45) is 10.7 Å². The molecule has 0 unspecified atom stereocenters. The van der Waals surface area contributed by atoms with Crippen LogP contribution in [0.5, 0.6) is 0 Å². The van der Waals surface area contributed by atoms with E-state index in [4.69, 9.17) is 10.5 Å². The van der Waals surface area contributed by atoms with Crippen LogP contribution in [-0.4, -0.2) is 34.8 Å². The molecule has 0 saturated heterocycles. The third-order valence-electron chi connectivity index (χ3n) is 3.36. The minimum absolute atomic E-state index is 0.263. The van der Waals surface area contributed by atoms with Crippen LogP contribution in [0.2, 0.25) is 0 Å². The number of nitrogens with one attached hydrogen (secondary N) is 1. The first kappa shape index (κ1) is 18.5. The van der Waals surface area contributed by atoms with Crippen molar-refractivity contribution in [1.29, 1.82) is 0 Å². The Labute approximate surface area is 147 Å². The molecule has 130 valence electrons. The molecule has 0 fully saturated rings. The zero-order valence-electron chi connectivity index (χ0n) is 13.8. The predicted molar refractivity (Wildman–Crippen MR) is 99.0 cm³/mol. The number of esters is 1. The summed E-state index contributed by atoms with van der Waals surface area (Å²) in [6.45, 7) is 4.51. The molecule has 0 atom stereocenters. The fourth-order valence-corrected chi connectivity index (χ4v) is 3.80. The number of H-pyrrole nitrogens is 1. The van der Waals surface area contributed by atoms with Crippen molar-refractivity contribution in [3.63, 3.8) is 0 Å². The van der Waals surface area contributed by atoms with Crippen LogP contribution >= 0.6 is 23.1 Å². The standard InChI is InChI=1S/C15H20N4O3S2/c1-4-5-6-17-15(16)23-7-9-18-12(20)10-8(2)11(14(21)22-3)24-13(10)19-9/h4-7H2,1-3H3,(H2,16,17)(H,18,19,20). The number of thiophene rings is 1. The van der Waals surface area contributed by atoms with Crippen LogP contribution in [0.3, 0.4) is 0 Å². The van der Waals surface area contributed by atoms with E-state index in [1.54, 1.807) is 6.92 Å². The Morgan fingerprint density at radius 1 is 1.50 bits per heavy atom. The fraction of sp³-hybridized carbons (Fsp3) is 0.467. The number of carbonyl (C=O) groups excluding carboxylic acids is 1. The molecule has 0 aliphatic carbocycles. The largest absolute Gasteiger partial charge is 0.465 e. The number of amidine groups is 1. The topological polar surface area (TPSA) is 110 Å². The fourth-order valence-electron chi connectivity index (χ4n) is 2.08. The first-order valence-corrected chi connectivity index (χ1v) is 9.31. The molecule has 0 aliphatic rings. The maximum atomic E-state index is 12.3. The molecule has 2 rings (SSSR count). The normalized spacial score (nSPS) is 11.9. The summed E-state index contributed by atoms with van der Waals surface area (Å²) in [6, 6.07) is 0. The molecule has 0 aliphatic heterocycles. The number of fused-ring (bicyclic) bond motifs is 1. The summed E-state index contributed by atoms with van der Waals surface area (Å²) in [5, 5.41) is 0.905. The Bertz CT molecular complexity index is 826. The molecule has 2 heterocycles. The Kier molecular flexibility index (Phi) is 6.38. The molecule has 7 nitrogen and oxygen atoms in total. The second-order valence-electron chi connectivity index (χ2n) is 5.10. The van der Waals surface area contributed by atoms with Gasteiger partial charge in [-0.15, -0.1) is 11.3 Å². The van der Waals surface area contributed by atoms with Gasteiger partial charge in [-0.3, -0.25) is 9.79 Å². The lowest BCUT2D eigenvalue weighted by Crippen LogP contribution is -2.13. The minimum atomic E-state index is -0.460. The number of hydrogen-bond donors (Lipinski definition) is 2. The molecule has 9 heteroatoms. The third-order valence-corrected chi connectivity index (χ3v) is 5.36. The Morgan fingerprint density at radius 3 is 2.92 bits per heavy atom. The lowest BCUT2D eigenvalue weighted by atomic mass is 10.2. The molecule has 0 spiro atoms. The number of carbonyl (C=O) groups is 1. The van der Waals surface area contributed by atoms with E-state index in [0.29, 0.717) is 43.9 Å². The van der Waals surface area contributed by atoms with Gasteiger partial charge in [0, 0.05) is 6.54 Å². The highest BCUT2D eigenvalue weighted by Gasteiger charge is 2.19. The molecular formula is C15H20N4O3S2. The molecule has 3 N–H and O–H groups in total. The Balaban J connectivity index is 2.23. The van der Waals surface area contributed by atoms with Gasteiger partial charge in [0.2, 0.25) is 0 Å². The number of nitrogens with two attached hydrogens (primary N) is 1. The van der Waals surface area contributed by atoms with Crippen molar-refractivity contribution >= 4 is 44.5 Å². The number of aryl methyl sites for hydroxylation is 1. The van der Waals surface area contributed by atoms with E-state index >= 15 is 0 Å². The van der Waals surface area contributed by atoms with Crippen molar-refractivity contribution in [1.82, 2.24) is 9.97 Å². The van der Waals surface area contributed by atoms with Gasteiger partial charge in [-0.05, 0) is 18.9 Å². The average Bonchev–Trinajstić information content (AvgIpc) is 2.89. The molecule has 0 amide bonds. The number of rotatable bonds is 6. The van der Waals surface area contributed by atoms with Crippen LogP contribution in [-0.2, 0) is 10.5 Å². The van der Waals surface area contributed by atoms with Gasteiger partial charge >= 0.3 is 5.97 Å². The molecule has 2 aromatic rings. The molecule has 0 bridgehead atoms. The van der Waals surface area contributed by atoms with E-state index in [1.807, 2.05) is 0 Å². The Morgan fingerprint density at radius 2 is 2.25 bits per heavy atom. The molecule has 24 heavy (non-hydrogen) atoms. The highest BCUT2D eigenvalue weighted by molar-refractivity contribution is 8.13. The smallest absolute Gasteiger partial charge is 0.348 e. The molecule has 2 aromatic heterocycles. The van der Waals surface area contributed by atoms with Crippen LogP contribution in [0.1, 0.15) is 40.8 Å². The van der Waals surface area contributed by atoms with Crippen molar-refractivity contribution in [3.8, 4) is 0 Å². The number of methoxy groups -OCH3 is 1. The maximum Gasteiger partial charge on any atom is 0.348 e. The van der Waals surface area contributed by atoms with Crippen molar-refractivity contribution in [2.75, 3.05) is 13.7 Å². The summed E-state index contributed by atoms with van der Waals surface area (Å²) in [5.74, 6) is 0.457. The summed E-state index contributed by atoms with van der Waals surface area (Å²) in [6.07, 6.45) is 2.06. The monoisotopic (exact) mass is 368 g/mol. The van der Waals surface area contributed by atoms with E-state index < -0.39 is 5.97 Å². The van der Waals surface area contributed by atoms with Crippen LogP contribution in [0.25, 0.3) is 10.2 Å². The summed E-state index contributed by atoms with van der Waals surface area (Å²) in [7, 11) is 1.31. The number of aliphatic imine (C=N–C) groups is 1. The quantitative estimate of drug-likeness (QED) is 0.351. The second kappa shape index (κ2) is 8.29. The van der Waals surface area contributed by atoms with Gasteiger partial charge in [-0.25, -0.2) is 9.78 Å². The first-order chi connectivity index (χ1) is 11.5. The number of unbranched alkanes of at least 4 members (excludes halogenated alkanes) is 1. The van der Waals surface area contributed by atoms with Crippen LogP contribution in [0.15, 0.2) is 9.79 Å². The van der Waals surface area contributed by atoms with Crippen LogP contribution in [0.4, 0.5) is 0 Å². The molecule has 0 saturated carbocycles. The summed E-state index contributed by atoms with van der Waals surface area (Å²) in [4.78, 5) is 36.4. The summed E-state index contributed by atoms with van der Waals surface area (Å²) < 4.78 is 4.74. The minimum Gasteiger partial charge on any atom is -0.465 e. The van der Waals surface area contributed by atoms with Crippen molar-refractivity contribution in [2.45, 2.75) is 32.4 Å². The predicted octanol–water partition coefficient (Wildman–Crippen LogP) is 2.43. The SMILES string of the molecule is CCCCN=C(N)SCc1nc2sc(C(=O)OC)c(C)c2c(=O)[nH]1. The number of ether oxygens (including phenoxy) is 1. The molecular weight excluding hydrogens is 348 g/mol. The average molecular weight is 368 g/mol. The lowest BCUT2D eigenvalue weighted by molar-refractivity contribution is 0.0605. The van der Waals surface area contributed by atoms with Gasteiger partial charge in [0.15, 0.2) is 5.17 Å². The van der Waals surface area contributed by atoms with E-state index in [2.05, 4.69) is 21.9 Å². The number of aromatic nitrogens is 2. The molecule has 0 radical (unpaired) electrons. The zero-order chi connectivity index (χ0) is 17.7. The van der Waals surface area contributed by atoms with Crippen molar-refractivity contribution < 1.29 is 9.53 Å². The van der Waals surface area contributed by atoms with E-state index in [9.17, 15) is 9.59 Å². The molecule has 0 aromatic carbocycles. The summed E-state index contributed by atoms with van der Waals surface area (Å²) >= 11 is 2.49. The van der Waals surface area contributed by atoms with Gasteiger partial charge in [-0.1, -0.05) is 25.1 Å². The first-order valence-electron chi connectivity index (χ1n) is 7.51. The number of nitrogens with zero attached hydrogens (tertiary/aromatic N) is 2. The van der Waals surface area contributed by atoms with Gasteiger partial charge < -0.3 is 15.5 Å². The maximum absolute atomic E-state index is 12.3. The van der Waals surface area contributed by atoms with Crippen molar-refractivity contribution in [3.05, 3.63) is 26.6 Å². The number of thioether (sulfide) groups is 1. The summed E-state index contributed by atoms with van der Waals surface area (Å²) in [5.41, 5.74) is 6.16. The number of aromatic amines is 1. The van der Waals surface area contributed by atoms with Gasteiger partial charge in [0.1, 0.15) is 15.5 Å². The second-order valence-corrected chi connectivity index (χ2v) is 7.10. The van der Waals surface area contributed by atoms with E-state index in [0.717, 1.165) is 24.2 Å².